The van der Waals surface area contributed by atoms with Gasteiger partial charge in [0.1, 0.15) is 0 Å². The lowest BCUT2D eigenvalue weighted by Gasteiger charge is -2.21. The molecule has 0 bridgehead atoms. The Hall–Kier alpha value is -0.540. The molecule has 1 fully saturated rings. The molecule has 1 aliphatic rings. The molecular weight excluding hydrogens is 132 g/mol. The first-order chi connectivity index (χ1) is 4.93. The zero-order chi connectivity index (χ0) is 7.23. The predicted octanol–water partition coefficient (Wildman–Crippen LogP) is 0.864. The maximum atomic E-state index is 8.32. The molecule has 1 rings (SSSR count). The van der Waals surface area contributed by atoms with E-state index in [4.69, 9.17) is 14.6 Å². The smallest absolute Gasteiger partial charge is 0.0845 e. The zero-order valence-electron chi connectivity index (χ0n) is 5.82. The molecule has 0 spiro atoms. The number of hydrogen-bond acceptors (Lipinski definition) is 3. The second kappa shape index (κ2) is 4.30. The lowest BCUT2D eigenvalue weighted by molar-refractivity contribution is -0.0863. The van der Waals surface area contributed by atoms with E-state index in [1.165, 1.54) is 0 Å². The third-order valence-corrected chi connectivity index (χ3v) is 1.39. The molecule has 0 saturated carbocycles. The molecule has 1 saturated heterocycles. The zero-order valence-corrected chi connectivity index (χ0v) is 5.82. The number of aliphatic hydroxyl groups excluding tert-OH is 1. The lowest BCUT2D eigenvalue weighted by atomic mass is 10.2. The number of hydrogen-bond donors (Lipinski definition) is 1. The molecule has 0 aromatic rings. The fourth-order valence-corrected chi connectivity index (χ4v) is 0.885. The van der Waals surface area contributed by atoms with E-state index in [2.05, 4.69) is 0 Å². The fraction of sp³-hybridized carbons (Fsp3) is 0.714. The Morgan fingerprint density at radius 1 is 1.50 bits per heavy atom. The van der Waals surface area contributed by atoms with Crippen molar-refractivity contribution in [1.82, 2.24) is 0 Å². The standard InChI is InChI=1S/C7H12O3/c8-3-1-2-7-6-9-4-5-10-7/h1,3,7-8H,2,4-6H2. The molecule has 0 radical (unpaired) electrons. The van der Waals surface area contributed by atoms with Crippen molar-refractivity contribution in [2.45, 2.75) is 12.5 Å². The minimum absolute atomic E-state index is 0.136. The highest BCUT2D eigenvalue weighted by atomic mass is 16.6. The van der Waals surface area contributed by atoms with Crippen molar-refractivity contribution in [2.75, 3.05) is 19.8 Å². The molecule has 0 amide bonds. The van der Waals surface area contributed by atoms with Crippen LogP contribution < -0.4 is 0 Å². The summed E-state index contributed by atoms with van der Waals surface area (Å²) >= 11 is 0. The fourth-order valence-electron chi connectivity index (χ4n) is 0.885. The summed E-state index contributed by atoms with van der Waals surface area (Å²) in [4.78, 5) is 0. The predicted molar refractivity (Wildman–Crippen MR) is 36.9 cm³/mol. The summed E-state index contributed by atoms with van der Waals surface area (Å²) in [6.07, 6.45) is 3.57. The van der Waals surface area contributed by atoms with Gasteiger partial charge in [0.2, 0.25) is 0 Å². The van der Waals surface area contributed by atoms with Crippen LogP contribution in [0.1, 0.15) is 6.42 Å². The van der Waals surface area contributed by atoms with Gasteiger partial charge in [0, 0.05) is 0 Å². The van der Waals surface area contributed by atoms with Gasteiger partial charge in [0.15, 0.2) is 0 Å². The largest absolute Gasteiger partial charge is 0.516 e. The van der Waals surface area contributed by atoms with Gasteiger partial charge in [-0.05, 0) is 12.5 Å². The first kappa shape index (κ1) is 7.57. The first-order valence-electron chi connectivity index (χ1n) is 3.42. The van der Waals surface area contributed by atoms with Gasteiger partial charge in [-0.25, -0.2) is 0 Å². The van der Waals surface area contributed by atoms with Crippen LogP contribution in [0.15, 0.2) is 12.3 Å². The van der Waals surface area contributed by atoms with E-state index in [0.29, 0.717) is 19.8 Å². The molecule has 1 atom stereocenters. The number of ether oxygens (including phenoxy) is 2. The molecule has 1 N–H and O–H groups in total. The van der Waals surface area contributed by atoms with Crippen molar-refractivity contribution in [2.24, 2.45) is 0 Å². The number of rotatable bonds is 2. The van der Waals surface area contributed by atoms with E-state index in [9.17, 15) is 0 Å². The summed E-state index contributed by atoms with van der Waals surface area (Å²) in [5, 5.41) is 8.32. The van der Waals surface area contributed by atoms with Gasteiger partial charge in [-0.2, -0.15) is 0 Å². The SMILES string of the molecule is OC=CCC1COCCO1. The molecular formula is C7H12O3. The Labute approximate surface area is 60.3 Å². The minimum atomic E-state index is 0.136. The van der Waals surface area contributed by atoms with Crippen molar-refractivity contribution in [3.63, 3.8) is 0 Å². The van der Waals surface area contributed by atoms with Gasteiger partial charge in [-0.1, -0.05) is 0 Å². The van der Waals surface area contributed by atoms with E-state index < -0.39 is 0 Å². The normalized spacial score (nSPS) is 27.4. The van der Waals surface area contributed by atoms with Crippen molar-refractivity contribution in [3.05, 3.63) is 12.3 Å². The van der Waals surface area contributed by atoms with Gasteiger partial charge in [-0.15, -0.1) is 0 Å². The highest BCUT2D eigenvalue weighted by Crippen LogP contribution is 2.04. The van der Waals surface area contributed by atoms with Gasteiger partial charge in [0.05, 0.1) is 32.2 Å². The highest BCUT2D eigenvalue weighted by molar-refractivity contribution is 4.77. The molecule has 10 heavy (non-hydrogen) atoms. The molecule has 0 aromatic heterocycles. The molecule has 58 valence electrons. The van der Waals surface area contributed by atoms with Gasteiger partial charge >= 0.3 is 0 Å². The molecule has 1 aliphatic heterocycles. The minimum Gasteiger partial charge on any atom is -0.516 e. The van der Waals surface area contributed by atoms with Crippen LogP contribution in [0, 0.1) is 0 Å². The van der Waals surface area contributed by atoms with Crippen LogP contribution in [0.25, 0.3) is 0 Å². The van der Waals surface area contributed by atoms with E-state index in [1.54, 1.807) is 6.08 Å². The van der Waals surface area contributed by atoms with Crippen molar-refractivity contribution in [3.8, 4) is 0 Å². The van der Waals surface area contributed by atoms with Gasteiger partial charge < -0.3 is 14.6 Å². The van der Waals surface area contributed by atoms with Gasteiger partial charge in [-0.3, -0.25) is 0 Å². The molecule has 3 nitrogen and oxygen atoms in total. The monoisotopic (exact) mass is 144 g/mol. The van der Waals surface area contributed by atoms with Gasteiger partial charge in [0.25, 0.3) is 0 Å². The lowest BCUT2D eigenvalue weighted by Crippen LogP contribution is -2.27. The third-order valence-electron chi connectivity index (χ3n) is 1.39. The first-order valence-corrected chi connectivity index (χ1v) is 3.42. The summed E-state index contributed by atoms with van der Waals surface area (Å²) in [5.41, 5.74) is 0. The maximum absolute atomic E-state index is 8.32. The van der Waals surface area contributed by atoms with Crippen LogP contribution in [0.4, 0.5) is 0 Å². The summed E-state index contributed by atoms with van der Waals surface area (Å²) in [6, 6.07) is 0. The summed E-state index contributed by atoms with van der Waals surface area (Å²) in [7, 11) is 0. The van der Waals surface area contributed by atoms with Crippen molar-refractivity contribution in [1.29, 1.82) is 0 Å². The molecule has 0 aromatic carbocycles. The average Bonchev–Trinajstić information content (AvgIpc) is 2.03. The summed E-state index contributed by atoms with van der Waals surface area (Å²) in [6.45, 7) is 2.01. The van der Waals surface area contributed by atoms with Crippen LogP contribution in [0.5, 0.6) is 0 Å². The Morgan fingerprint density at radius 2 is 2.40 bits per heavy atom. The average molecular weight is 144 g/mol. The van der Waals surface area contributed by atoms with E-state index in [-0.39, 0.29) is 6.10 Å². The summed E-state index contributed by atoms with van der Waals surface area (Å²) < 4.78 is 10.4. The van der Waals surface area contributed by atoms with Crippen molar-refractivity contribution >= 4 is 0 Å². The van der Waals surface area contributed by atoms with Crippen LogP contribution in [0.3, 0.4) is 0 Å². The van der Waals surface area contributed by atoms with E-state index in [1.807, 2.05) is 0 Å². The molecule has 3 heteroatoms. The van der Waals surface area contributed by atoms with Crippen LogP contribution in [-0.4, -0.2) is 31.0 Å². The maximum Gasteiger partial charge on any atom is 0.0845 e. The highest BCUT2D eigenvalue weighted by Gasteiger charge is 2.11. The molecule has 1 unspecified atom stereocenters. The Kier molecular flexibility index (Phi) is 3.26. The van der Waals surface area contributed by atoms with Crippen LogP contribution >= 0.6 is 0 Å². The third kappa shape index (κ3) is 2.37. The second-order valence-electron chi connectivity index (χ2n) is 2.19. The van der Waals surface area contributed by atoms with Crippen LogP contribution in [-0.2, 0) is 9.47 Å². The van der Waals surface area contributed by atoms with Crippen molar-refractivity contribution < 1.29 is 14.6 Å². The van der Waals surface area contributed by atoms with Crippen LogP contribution in [0.2, 0.25) is 0 Å². The summed E-state index contributed by atoms with van der Waals surface area (Å²) in [5.74, 6) is 0. The Bertz CT molecular complexity index is 105. The topological polar surface area (TPSA) is 38.7 Å². The van der Waals surface area contributed by atoms with E-state index >= 15 is 0 Å². The Morgan fingerprint density at radius 3 is 3.00 bits per heavy atom. The second-order valence-corrected chi connectivity index (χ2v) is 2.19. The molecule has 0 aliphatic carbocycles. The molecule has 1 heterocycles. The quantitative estimate of drug-likeness (QED) is 0.584. The van der Waals surface area contributed by atoms with E-state index in [0.717, 1.165) is 12.7 Å². The Balaban J connectivity index is 2.13. The number of aliphatic hydroxyl groups is 1.